The molecule has 0 saturated heterocycles. The number of sulfonamides is 1. The van der Waals surface area contributed by atoms with Crippen molar-refractivity contribution in [1.82, 2.24) is 0 Å². The van der Waals surface area contributed by atoms with Crippen LogP contribution < -0.4 is 18.9 Å². The molecule has 0 aliphatic heterocycles. The number of aryl methyl sites for hydroxylation is 1. The zero-order valence-corrected chi connectivity index (χ0v) is 14.3. The van der Waals surface area contributed by atoms with Crippen LogP contribution in [0.5, 0.6) is 17.2 Å². The standard InChI is InChI=1S/C14H17NO5S2/c1-9-5-6-13(21-9)22(16,17)15-10-7-11(18-2)14(20-4)12(8-10)19-3/h5-8,15H,1-4H3. The molecular formula is C14H17NO5S2. The Bertz CT molecular complexity index is 742. The van der Waals surface area contributed by atoms with Crippen LogP contribution in [-0.4, -0.2) is 29.7 Å². The molecule has 22 heavy (non-hydrogen) atoms. The molecule has 1 aromatic carbocycles. The van der Waals surface area contributed by atoms with E-state index in [-0.39, 0.29) is 4.21 Å². The first-order valence-corrected chi connectivity index (χ1v) is 8.60. The van der Waals surface area contributed by atoms with Gasteiger partial charge in [0.15, 0.2) is 11.5 Å². The van der Waals surface area contributed by atoms with Gasteiger partial charge in [-0.2, -0.15) is 0 Å². The number of methoxy groups -OCH3 is 3. The van der Waals surface area contributed by atoms with Gasteiger partial charge < -0.3 is 14.2 Å². The minimum absolute atomic E-state index is 0.249. The summed E-state index contributed by atoms with van der Waals surface area (Å²) in [5, 5.41) is 0. The van der Waals surface area contributed by atoms with Gasteiger partial charge in [-0.05, 0) is 19.1 Å². The molecule has 1 aromatic heterocycles. The lowest BCUT2D eigenvalue weighted by Crippen LogP contribution is -2.11. The number of anilines is 1. The van der Waals surface area contributed by atoms with E-state index in [0.29, 0.717) is 22.9 Å². The first kappa shape index (κ1) is 16.4. The highest BCUT2D eigenvalue weighted by Crippen LogP contribution is 2.40. The number of thiophene rings is 1. The van der Waals surface area contributed by atoms with E-state index in [4.69, 9.17) is 14.2 Å². The van der Waals surface area contributed by atoms with Gasteiger partial charge in [0, 0.05) is 17.0 Å². The van der Waals surface area contributed by atoms with Gasteiger partial charge in [-0.15, -0.1) is 11.3 Å². The van der Waals surface area contributed by atoms with Crippen LogP contribution in [0.4, 0.5) is 5.69 Å². The third-order valence-electron chi connectivity index (χ3n) is 2.90. The SMILES string of the molecule is COc1cc(NS(=O)(=O)c2ccc(C)s2)cc(OC)c1OC. The van der Waals surface area contributed by atoms with Crippen LogP contribution >= 0.6 is 11.3 Å². The molecule has 0 saturated carbocycles. The third-order valence-corrected chi connectivity index (χ3v) is 5.77. The normalized spacial score (nSPS) is 11.1. The van der Waals surface area contributed by atoms with Crippen LogP contribution in [0, 0.1) is 6.92 Å². The number of nitrogens with one attached hydrogen (secondary N) is 1. The summed E-state index contributed by atoms with van der Waals surface area (Å²) >= 11 is 1.20. The summed E-state index contributed by atoms with van der Waals surface area (Å²) in [7, 11) is 0.780. The largest absolute Gasteiger partial charge is 0.493 e. The van der Waals surface area contributed by atoms with Crippen LogP contribution in [0.1, 0.15) is 4.88 Å². The Labute approximate surface area is 133 Å². The zero-order valence-electron chi connectivity index (χ0n) is 12.7. The van der Waals surface area contributed by atoms with Crippen molar-refractivity contribution in [2.45, 2.75) is 11.1 Å². The zero-order chi connectivity index (χ0) is 16.3. The molecule has 0 atom stereocenters. The number of ether oxygens (including phenoxy) is 3. The summed E-state index contributed by atoms with van der Waals surface area (Å²) in [6.45, 7) is 1.85. The first-order chi connectivity index (χ1) is 10.4. The van der Waals surface area contributed by atoms with Gasteiger partial charge in [0.2, 0.25) is 5.75 Å². The summed E-state index contributed by atoms with van der Waals surface area (Å²) in [6, 6.07) is 6.41. The maximum atomic E-state index is 12.4. The lowest BCUT2D eigenvalue weighted by molar-refractivity contribution is 0.325. The van der Waals surface area contributed by atoms with E-state index in [2.05, 4.69) is 4.72 Å². The Morgan fingerprint density at radius 2 is 1.59 bits per heavy atom. The van der Waals surface area contributed by atoms with E-state index in [0.717, 1.165) is 4.88 Å². The van der Waals surface area contributed by atoms with Crippen molar-refractivity contribution < 1.29 is 22.6 Å². The maximum absolute atomic E-state index is 12.4. The number of rotatable bonds is 6. The predicted molar refractivity (Wildman–Crippen MR) is 86.0 cm³/mol. The van der Waals surface area contributed by atoms with Gasteiger partial charge in [-0.3, -0.25) is 4.72 Å². The maximum Gasteiger partial charge on any atom is 0.271 e. The Hall–Kier alpha value is -1.93. The van der Waals surface area contributed by atoms with Crippen molar-refractivity contribution in [3.05, 3.63) is 29.1 Å². The molecule has 1 N–H and O–H groups in total. The van der Waals surface area contributed by atoms with E-state index < -0.39 is 10.0 Å². The molecule has 0 fully saturated rings. The lowest BCUT2D eigenvalue weighted by Gasteiger charge is -2.14. The fourth-order valence-corrected chi connectivity index (χ4v) is 4.23. The van der Waals surface area contributed by atoms with E-state index in [1.165, 1.54) is 32.7 Å². The van der Waals surface area contributed by atoms with Crippen LogP contribution in [-0.2, 0) is 10.0 Å². The summed E-state index contributed by atoms with van der Waals surface area (Å²) in [5.74, 6) is 1.16. The fraction of sp³-hybridized carbons (Fsp3) is 0.286. The molecule has 0 amide bonds. The second-order valence-electron chi connectivity index (χ2n) is 4.38. The molecule has 6 nitrogen and oxygen atoms in total. The molecule has 0 spiro atoms. The topological polar surface area (TPSA) is 73.9 Å². The summed E-state index contributed by atoms with van der Waals surface area (Å²) in [6.07, 6.45) is 0. The van der Waals surface area contributed by atoms with Crippen molar-refractivity contribution in [3.63, 3.8) is 0 Å². The summed E-state index contributed by atoms with van der Waals surface area (Å²) in [4.78, 5) is 0.922. The minimum atomic E-state index is -3.65. The predicted octanol–water partition coefficient (Wildman–Crippen LogP) is 2.88. The molecule has 8 heteroatoms. The average molecular weight is 343 g/mol. The molecule has 120 valence electrons. The minimum Gasteiger partial charge on any atom is -0.493 e. The molecule has 2 aromatic rings. The van der Waals surface area contributed by atoms with Gasteiger partial charge >= 0.3 is 0 Å². The van der Waals surface area contributed by atoms with Crippen molar-refractivity contribution in [2.24, 2.45) is 0 Å². The van der Waals surface area contributed by atoms with Gasteiger partial charge in [0.1, 0.15) is 4.21 Å². The molecule has 0 aliphatic carbocycles. The Balaban J connectivity index is 2.41. The lowest BCUT2D eigenvalue weighted by atomic mass is 10.2. The molecule has 2 rings (SSSR count). The quantitative estimate of drug-likeness (QED) is 0.873. The summed E-state index contributed by atoms with van der Waals surface area (Å²) in [5.41, 5.74) is 0.334. The highest BCUT2D eigenvalue weighted by atomic mass is 32.2. The highest BCUT2D eigenvalue weighted by molar-refractivity contribution is 7.94. The van der Waals surface area contributed by atoms with Crippen molar-refractivity contribution >= 4 is 27.0 Å². The second kappa shape index (κ2) is 6.45. The van der Waals surface area contributed by atoms with Crippen LogP contribution in [0.25, 0.3) is 0 Å². The smallest absolute Gasteiger partial charge is 0.271 e. The van der Waals surface area contributed by atoms with Crippen LogP contribution in [0.3, 0.4) is 0 Å². The molecule has 0 bridgehead atoms. The fourth-order valence-electron chi connectivity index (χ4n) is 1.90. The van der Waals surface area contributed by atoms with Gasteiger partial charge in [0.25, 0.3) is 10.0 Å². The molecule has 1 heterocycles. The van der Waals surface area contributed by atoms with E-state index in [1.54, 1.807) is 24.3 Å². The second-order valence-corrected chi connectivity index (χ2v) is 7.58. The van der Waals surface area contributed by atoms with Crippen LogP contribution in [0.15, 0.2) is 28.5 Å². The average Bonchev–Trinajstić information content (AvgIpc) is 2.93. The number of benzene rings is 1. The number of hydrogen-bond donors (Lipinski definition) is 1. The van der Waals surface area contributed by atoms with Crippen LogP contribution in [0.2, 0.25) is 0 Å². The Kier molecular flexibility index (Phi) is 4.82. The molecule has 0 radical (unpaired) electrons. The van der Waals surface area contributed by atoms with Gasteiger partial charge in [-0.1, -0.05) is 0 Å². The van der Waals surface area contributed by atoms with Gasteiger partial charge in [0.05, 0.1) is 27.0 Å². The van der Waals surface area contributed by atoms with E-state index in [1.807, 2.05) is 6.92 Å². The highest BCUT2D eigenvalue weighted by Gasteiger charge is 2.19. The summed E-state index contributed by atoms with van der Waals surface area (Å²) < 4.78 is 43.1. The monoisotopic (exact) mass is 343 g/mol. The van der Waals surface area contributed by atoms with E-state index in [9.17, 15) is 8.42 Å². The van der Waals surface area contributed by atoms with Crippen molar-refractivity contribution in [3.8, 4) is 17.2 Å². The Morgan fingerprint density at radius 1 is 1.00 bits per heavy atom. The van der Waals surface area contributed by atoms with Crippen molar-refractivity contribution in [1.29, 1.82) is 0 Å². The molecule has 0 unspecified atom stereocenters. The molecular weight excluding hydrogens is 326 g/mol. The Morgan fingerprint density at radius 3 is 2.00 bits per heavy atom. The van der Waals surface area contributed by atoms with Crippen molar-refractivity contribution in [2.75, 3.05) is 26.1 Å². The number of hydrogen-bond acceptors (Lipinski definition) is 6. The van der Waals surface area contributed by atoms with Gasteiger partial charge in [-0.25, -0.2) is 8.42 Å². The molecule has 0 aliphatic rings. The first-order valence-electron chi connectivity index (χ1n) is 6.30. The van der Waals surface area contributed by atoms with E-state index >= 15 is 0 Å². The third kappa shape index (κ3) is 3.28.